The molecule has 7 nitrogen and oxygen atoms in total. The molecule has 2 amide bonds. The highest BCUT2D eigenvalue weighted by atomic mass is 35.5. The van der Waals surface area contributed by atoms with Gasteiger partial charge in [0.15, 0.2) is 0 Å². The van der Waals surface area contributed by atoms with Crippen molar-refractivity contribution in [3.8, 4) is 0 Å². The first-order valence-electron chi connectivity index (χ1n) is 8.52. The van der Waals surface area contributed by atoms with Gasteiger partial charge in [0.05, 0.1) is 11.9 Å². The van der Waals surface area contributed by atoms with E-state index >= 15 is 0 Å². The highest BCUT2D eigenvalue weighted by Crippen LogP contribution is 2.29. The van der Waals surface area contributed by atoms with Crippen LogP contribution in [0, 0.1) is 5.82 Å². The Morgan fingerprint density at radius 2 is 2.19 bits per heavy atom. The van der Waals surface area contributed by atoms with Crippen LogP contribution >= 0.6 is 11.6 Å². The Hall–Kier alpha value is -2.45. The van der Waals surface area contributed by atoms with Gasteiger partial charge in [-0.15, -0.1) is 0 Å². The lowest BCUT2D eigenvalue weighted by molar-refractivity contribution is -0.149. The predicted octanol–water partition coefficient (Wildman–Crippen LogP) is 2.04. The number of hydrogen-bond donors (Lipinski definition) is 2. The number of nitrogens with one attached hydrogen (secondary N) is 1. The lowest BCUT2D eigenvalue weighted by Crippen LogP contribution is -2.52. The number of carbonyl (C=O) groups excluding carboxylic acids is 2. The number of nitrogens with zero attached hydrogens (tertiary/aromatic N) is 3. The molecular formula is C18H20ClFN4O3. The lowest BCUT2D eigenvalue weighted by Gasteiger charge is -2.21. The summed E-state index contributed by atoms with van der Waals surface area (Å²) in [5.41, 5.74) is -1.22. The predicted molar refractivity (Wildman–Crippen MR) is 97.8 cm³/mol. The van der Waals surface area contributed by atoms with Gasteiger partial charge in [0.2, 0.25) is 5.60 Å². The molecule has 1 aromatic carbocycles. The van der Waals surface area contributed by atoms with E-state index in [-0.39, 0.29) is 30.6 Å². The van der Waals surface area contributed by atoms with Crippen LogP contribution in [-0.4, -0.2) is 38.8 Å². The molecule has 0 saturated carbocycles. The molecule has 0 aliphatic carbocycles. The standard InChI is InChI=1S/C18H20ClFN4O3/c1-11(2)24-10-15(9-22-24)23-4-3-18(27,17(23)26)16(25)21-8-12-5-13(19)7-14(20)6-12/h5-7,9-11,27H,3-4,8H2,1-2H3,(H,21,25)/t18-/m0/s1. The van der Waals surface area contributed by atoms with Crippen LogP contribution in [0.25, 0.3) is 0 Å². The number of hydrogen-bond acceptors (Lipinski definition) is 4. The van der Waals surface area contributed by atoms with E-state index in [1.165, 1.54) is 23.2 Å². The van der Waals surface area contributed by atoms with Gasteiger partial charge in [-0.1, -0.05) is 11.6 Å². The summed E-state index contributed by atoms with van der Waals surface area (Å²) in [5.74, 6) is -2.07. The van der Waals surface area contributed by atoms with Gasteiger partial charge in [-0.3, -0.25) is 14.3 Å². The quantitative estimate of drug-likeness (QED) is 0.760. The molecule has 1 aliphatic rings. The van der Waals surface area contributed by atoms with Crippen LogP contribution in [0.5, 0.6) is 0 Å². The smallest absolute Gasteiger partial charge is 0.268 e. The Bertz CT molecular complexity index is 865. The zero-order valence-electron chi connectivity index (χ0n) is 14.9. The van der Waals surface area contributed by atoms with E-state index in [0.29, 0.717) is 11.3 Å². The van der Waals surface area contributed by atoms with E-state index in [1.54, 1.807) is 10.9 Å². The number of aliphatic hydroxyl groups is 1. The molecule has 2 N–H and O–H groups in total. The fourth-order valence-electron chi connectivity index (χ4n) is 2.95. The fourth-order valence-corrected chi connectivity index (χ4v) is 3.20. The molecule has 1 atom stereocenters. The second kappa shape index (κ2) is 7.28. The Labute approximate surface area is 160 Å². The molecule has 0 spiro atoms. The van der Waals surface area contributed by atoms with E-state index in [4.69, 9.17) is 11.6 Å². The lowest BCUT2D eigenvalue weighted by atomic mass is 10.0. The summed E-state index contributed by atoms with van der Waals surface area (Å²) < 4.78 is 15.1. The van der Waals surface area contributed by atoms with Gasteiger partial charge >= 0.3 is 0 Å². The van der Waals surface area contributed by atoms with Gasteiger partial charge in [-0.25, -0.2) is 4.39 Å². The molecule has 0 radical (unpaired) electrons. The Kier molecular flexibility index (Phi) is 5.21. The maximum Gasteiger partial charge on any atom is 0.268 e. The van der Waals surface area contributed by atoms with Crippen molar-refractivity contribution in [2.45, 2.75) is 38.5 Å². The second-order valence-corrected chi connectivity index (χ2v) is 7.24. The number of anilines is 1. The van der Waals surface area contributed by atoms with Crippen LogP contribution in [0.1, 0.15) is 31.9 Å². The van der Waals surface area contributed by atoms with Gasteiger partial charge < -0.3 is 15.3 Å². The first kappa shape index (κ1) is 19.3. The van der Waals surface area contributed by atoms with Crippen LogP contribution in [0.3, 0.4) is 0 Å². The van der Waals surface area contributed by atoms with Crippen LogP contribution in [0.15, 0.2) is 30.6 Å². The Morgan fingerprint density at radius 1 is 1.44 bits per heavy atom. The minimum absolute atomic E-state index is 0.0472. The van der Waals surface area contributed by atoms with Crippen molar-refractivity contribution in [1.29, 1.82) is 0 Å². The molecular weight excluding hydrogens is 375 g/mol. The van der Waals surface area contributed by atoms with Gasteiger partial charge in [-0.2, -0.15) is 5.10 Å². The number of aromatic nitrogens is 2. The molecule has 1 fully saturated rings. The third-order valence-electron chi connectivity index (χ3n) is 4.48. The number of benzene rings is 1. The van der Waals surface area contributed by atoms with E-state index in [2.05, 4.69) is 10.4 Å². The molecule has 0 unspecified atom stereocenters. The SMILES string of the molecule is CC(C)n1cc(N2CC[C@](O)(C(=O)NCc3cc(F)cc(Cl)c3)C2=O)cn1. The molecule has 2 aromatic rings. The third kappa shape index (κ3) is 3.81. The second-order valence-electron chi connectivity index (χ2n) is 6.80. The Morgan fingerprint density at radius 3 is 2.81 bits per heavy atom. The molecule has 9 heteroatoms. The van der Waals surface area contributed by atoms with Gasteiger partial charge in [0, 0.05) is 36.8 Å². The van der Waals surface area contributed by atoms with Crippen molar-refractivity contribution in [2.75, 3.05) is 11.4 Å². The molecule has 1 saturated heterocycles. The van der Waals surface area contributed by atoms with E-state index < -0.39 is 23.2 Å². The molecule has 144 valence electrons. The number of halogens is 2. The number of carbonyl (C=O) groups is 2. The fraction of sp³-hybridized carbons (Fsp3) is 0.389. The minimum atomic E-state index is -2.17. The van der Waals surface area contributed by atoms with Crippen LogP contribution in [0.2, 0.25) is 5.02 Å². The summed E-state index contributed by atoms with van der Waals surface area (Å²) in [6.45, 7) is 4.03. The van der Waals surface area contributed by atoms with Gasteiger partial charge in [0.1, 0.15) is 5.82 Å². The summed E-state index contributed by atoms with van der Waals surface area (Å²) in [6, 6.07) is 3.99. The first-order valence-corrected chi connectivity index (χ1v) is 8.90. The maximum atomic E-state index is 13.4. The highest BCUT2D eigenvalue weighted by molar-refractivity contribution is 6.30. The largest absolute Gasteiger partial charge is 0.372 e. The molecule has 3 rings (SSSR count). The van der Waals surface area contributed by atoms with Crippen molar-refractivity contribution in [1.82, 2.24) is 15.1 Å². The molecule has 1 aliphatic heterocycles. The van der Waals surface area contributed by atoms with Crippen molar-refractivity contribution in [3.63, 3.8) is 0 Å². The molecule has 27 heavy (non-hydrogen) atoms. The summed E-state index contributed by atoms with van der Waals surface area (Å²) >= 11 is 5.78. The van der Waals surface area contributed by atoms with Gasteiger partial charge in [-0.05, 0) is 37.6 Å². The molecule has 0 bridgehead atoms. The van der Waals surface area contributed by atoms with Crippen molar-refractivity contribution in [2.24, 2.45) is 0 Å². The van der Waals surface area contributed by atoms with Crippen LogP contribution < -0.4 is 10.2 Å². The number of amides is 2. The first-order chi connectivity index (χ1) is 12.7. The van der Waals surface area contributed by atoms with Crippen molar-refractivity contribution in [3.05, 3.63) is 47.0 Å². The third-order valence-corrected chi connectivity index (χ3v) is 4.69. The summed E-state index contributed by atoms with van der Waals surface area (Å²) in [4.78, 5) is 26.5. The van der Waals surface area contributed by atoms with E-state index in [9.17, 15) is 19.1 Å². The highest BCUT2D eigenvalue weighted by Gasteiger charge is 2.51. The van der Waals surface area contributed by atoms with Crippen molar-refractivity contribution >= 4 is 29.1 Å². The summed E-state index contributed by atoms with van der Waals surface area (Å²) in [7, 11) is 0. The maximum absolute atomic E-state index is 13.4. The zero-order valence-corrected chi connectivity index (χ0v) is 15.7. The molecule has 1 aromatic heterocycles. The summed E-state index contributed by atoms with van der Waals surface area (Å²) in [6.07, 6.45) is 3.17. The van der Waals surface area contributed by atoms with Crippen LogP contribution in [-0.2, 0) is 16.1 Å². The van der Waals surface area contributed by atoms with Gasteiger partial charge in [0.25, 0.3) is 11.8 Å². The average Bonchev–Trinajstić information content (AvgIpc) is 3.18. The van der Waals surface area contributed by atoms with Crippen LogP contribution in [0.4, 0.5) is 10.1 Å². The van der Waals surface area contributed by atoms with E-state index in [1.807, 2.05) is 13.8 Å². The molecule has 2 heterocycles. The normalized spacial score (nSPS) is 19.8. The minimum Gasteiger partial charge on any atom is -0.372 e. The average molecular weight is 395 g/mol. The Balaban J connectivity index is 1.70. The zero-order chi connectivity index (χ0) is 19.8. The number of rotatable bonds is 5. The summed E-state index contributed by atoms with van der Waals surface area (Å²) in [5, 5.41) is 17.5. The monoisotopic (exact) mass is 394 g/mol. The van der Waals surface area contributed by atoms with Crippen molar-refractivity contribution < 1.29 is 19.1 Å². The topological polar surface area (TPSA) is 87.5 Å². The van der Waals surface area contributed by atoms with E-state index in [0.717, 1.165) is 6.07 Å².